The molecular weight excluding hydrogens is 837 g/mol. The van der Waals surface area contributed by atoms with Gasteiger partial charge in [-0.3, -0.25) is 0 Å². The van der Waals surface area contributed by atoms with Crippen LogP contribution in [-0.2, 0) is 26.5 Å². The molecule has 1 saturated carbocycles. The average Bonchev–Trinajstić information content (AvgIpc) is 3.63. The van der Waals surface area contributed by atoms with E-state index in [0.717, 1.165) is 75.6 Å². The normalized spacial score (nSPS) is 16.1. The van der Waals surface area contributed by atoms with Crippen LogP contribution in [0.25, 0.3) is 66.4 Å². The van der Waals surface area contributed by atoms with Crippen molar-refractivity contribution in [1.29, 1.82) is 0 Å². The zero-order valence-electron chi connectivity index (χ0n) is 36.8. The zero-order valence-corrected chi connectivity index (χ0v) is 33.2. The molecule has 0 aliphatic heterocycles. The zero-order chi connectivity index (χ0) is 41.6. The van der Waals surface area contributed by atoms with E-state index in [1.54, 1.807) is 24.3 Å². The Labute approximate surface area is 341 Å². The number of rotatable bonds is 5. The summed E-state index contributed by atoms with van der Waals surface area (Å²) in [6.07, 6.45) is 7.37. The van der Waals surface area contributed by atoms with Gasteiger partial charge in [0.2, 0.25) is 0 Å². The number of aryl methyl sites for hydroxylation is 1. The van der Waals surface area contributed by atoms with Gasteiger partial charge in [-0.25, -0.2) is 0 Å². The van der Waals surface area contributed by atoms with Gasteiger partial charge in [0, 0.05) is 46.1 Å². The summed E-state index contributed by atoms with van der Waals surface area (Å²) < 4.78 is 53.9. The van der Waals surface area contributed by atoms with Crippen molar-refractivity contribution in [1.82, 2.24) is 9.97 Å². The third kappa shape index (κ3) is 8.26. The Morgan fingerprint density at radius 1 is 0.815 bits per heavy atom. The minimum absolute atomic E-state index is 0. The molecule has 273 valence electrons. The van der Waals surface area contributed by atoms with E-state index in [9.17, 15) is 0 Å². The van der Waals surface area contributed by atoms with Gasteiger partial charge in [0.25, 0.3) is 0 Å². The molecule has 1 aliphatic carbocycles. The summed E-state index contributed by atoms with van der Waals surface area (Å²) >= 11 is 0. The predicted molar refractivity (Wildman–Crippen MR) is 221 cm³/mol. The third-order valence-corrected chi connectivity index (χ3v) is 9.79. The maximum absolute atomic E-state index is 8.93. The van der Waals surface area contributed by atoms with E-state index < -0.39 is 24.5 Å². The van der Waals surface area contributed by atoms with Crippen LogP contribution in [0.2, 0.25) is 0 Å². The number of fused-ring (bicyclic) bond motifs is 5. The van der Waals surface area contributed by atoms with Crippen LogP contribution in [0, 0.1) is 24.4 Å². The van der Waals surface area contributed by atoms with Crippen molar-refractivity contribution in [2.24, 2.45) is 5.41 Å². The molecule has 1 fully saturated rings. The summed E-state index contributed by atoms with van der Waals surface area (Å²) in [5.41, 5.74) is 8.31. The maximum atomic E-state index is 8.93. The smallest absolute Gasteiger partial charge is 0.121 e. The van der Waals surface area contributed by atoms with Crippen LogP contribution < -0.4 is 0 Å². The molecule has 1 aliphatic rings. The van der Waals surface area contributed by atoms with Gasteiger partial charge in [0.05, 0.1) is 5.58 Å². The van der Waals surface area contributed by atoms with Crippen LogP contribution in [0.15, 0.2) is 132 Å². The second kappa shape index (κ2) is 16.2. The number of hydrogen-bond acceptors (Lipinski definition) is 3. The first-order valence-electron chi connectivity index (χ1n) is 21.4. The number of nitrogens with zero attached hydrogens (tertiary/aromatic N) is 2. The van der Waals surface area contributed by atoms with Crippen molar-refractivity contribution in [2.75, 3.05) is 0 Å². The summed E-state index contributed by atoms with van der Waals surface area (Å²) in [6, 6.07) is 43.8. The molecule has 5 aromatic carbocycles. The monoisotopic (exact) mass is 889 g/mol. The van der Waals surface area contributed by atoms with E-state index in [0.29, 0.717) is 16.8 Å². The van der Waals surface area contributed by atoms with Gasteiger partial charge in [-0.1, -0.05) is 131 Å². The van der Waals surface area contributed by atoms with Crippen molar-refractivity contribution in [3.63, 3.8) is 0 Å². The fraction of sp³-hybridized carbons (Fsp3) is 0.240. The minimum atomic E-state index is -2.14. The Morgan fingerprint density at radius 2 is 1.65 bits per heavy atom. The van der Waals surface area contributed by atoms with E-state index >= 15 is 0 Å². The minimum Gasteiger partial charge on any atom is -0.501 e. The molecule has 9 rings (SSSR count). The van der Waals surface area contributed by atoms with Crippen molar-refractivity contribution in [3.05, 3.63) is 156 Å². The molecule has 3 nitrogen and oxygen atoms in total. The Balaban J connectivity index is 0.000000198. The second-order valence-corrected chi connectivity index (χ2v) is 14.8. The predicted octanol–water partition coefficient (Wildman–Crippen LogP) is 13.8. The number of furan rings is 1. The Morgan fingerprint density at radius 3 is 2.39 bits per heavy atom. The molecule has 4 heteroatoms. The molecule has 3 aromatic heterocycles. The van der Waals surface area contributed by atoms with Crippen LogP contribution in [0.3, 0.4) is 0 Å². The summed E-state index contributed by atoms with van der Waals surface area (Å²) in [7, 11) is 0. The first-order valence-corrected chi connectivity index (χ1v) is 18.4. The third-order valence-electron chi connectivity index (χ3n) is 9.79. The van der Waals surface area contributed by atoms with E-state index in [-0.39, 0.29) is 25.7 Å². The van der Waals surface area contributed by atoms with Crippen LogP contribution in [0.1, 0.15) is 83.7 Å². The summed E-state index contributed by atoms with van der Waals surface area (Å²) in [6.45, 7) is 3.40. The van der Waals surface area contributed by atoms with Gasteiger partial charge in [0.1, 0.15) is 5.58 Å². The van der Waals surface area contributed by atoms with Crippen LogP contribution in [0.5, 0.6) is 0 Å². The molecule has 0 bridgehead atoms. The van der Waals surface area contributed by atoms with Crippen molar-refractivity contribution in [3.8, 4) is 33.6 Å². The van der Waals surface area contributed by atoms with Crippen molar-refractivity contribution >= 4 is 32.7 Å². The molecule has 0 saturated heterocycles. The van der Waals surface area contributed by atoms with Gasteiger partial charge in [-0.2, -0.15) is 0 Å². The van der Waals surface area contributed by atoms with E-state index in [1.165, 1.54) is 29.5 Å². The van der Waals surface area contributed by atoms with Crippen LogP contribution in [0.4, 0.5) is 0 Å². The fourth-order valence-electron chi connectivity index (χ4n) is 7.26. The number of aromatic nitrogens is 2. The Hall–Kier alpha value is -4.89. The molecule has 54 heavy (non-hydrogen) atoms. The van der Waals surface area contributed by atoms with Gasteiger partial charge in [0.15, 0.2) is 0 Å². The van der Waals surface area contributed by atoms with Crippen LogP contribution in [-0.4, -0.2) is 9.97 Å². The molecule has 3 heterocycles. The van der Waals surface area contributed by atoms with Gasteiger partial charge in [-0.15, -0.1) is 53.6 Å². The van der Waals surface area contributed by atoms with E-state index in [1.807, 2.05) is 39.1 Å². The van der Waals surface area contributed by atoms with E-state index in [4.69, 9.17) is 17.6 Å². The Kier molecular flexibility index (Phi) is 9.15. The first-order chi connectivity index (χ1) is 28.1. The summed E-state index contributed by atoms with van der Waals surface area (Å²) in [5, 5.41) is 4.61. The molecule has 0 N–H and O–H groups in total. The largest absolute Gasteiger partial charge is 0.501 e. The number of pyridine rings is 2. The molecule has 0 amide bonds. The quantitative estimate of drug-likeness (QED) is 0.162. The Bertz CT molecular complexity index is 2750. The molecule has 1 radical (unpaired) electrons. The van der Waals surface area contributed by atoms with E-state index in [2.05, 4.69) is 89.9 Å². The molecular formula is C50H46IrN2O-2. The van der Waals surface area contributed by atoms with Gasteiger partial charge >= 0.3 is 0 Å². The fourth-order valence-corrected chi connectivity index (χ4v) is 7.26. The van der Waals surface area contributed by atoms with Crippen molar-refractivity contribution in [2.45, 2.75) is 72.0 Å². The molecule has 0 unspecified atom stereocenters. The summed E-state index contributed by atoms with van der Waals surface area (Å²) in [4.78, 5) is 9.01. The summed E-state index contributed by atoms with van der Waals surface area (Å²) in [5.74, 6) is -0.434. The second-order valence-electron chi connectivity index (χ2n) is 14.8. The number of benzene rings is 5. The topological polar surface area (TPSA) is 38.9 Å². The molecule has 8 aromatic rings. The first kappa shape index (κ1) is 30.4. The van der Waals surface area contributed by atoms with Crippen molar-refractivity contribution < 1.29 is 32.7 Å². The van der Waals surface area contributed by atoms with Crippen LogP contribution >= 0.6 is 0 Å². The standard InChI is InChI=1S/C33H26NO.C17H20N.Ir/c1-2-7-22(8-3-1)23-13-15-24(16-14-23)26-19-20-34-30(21-26)28-11-6-12-29-32-27-10-5-4-9-25(27)17-18-31(32)35-33(28)29;1-13-5-8-15(9-6-13)16-10-7-14(12-18-16)11-17(2,3)4;/h4-6,9-10,12-22H,1-3,7-8H2;5-8,10,12H,11H2,1-4H3;/q2*-1;/i22D;1D3,11D2;. The maximum Gasteiger partial charge on any atom is 0.121 e. The average molecular weight is 889 g/mol. The SMILES string of the molecule is [2H]C([2H])([2H])c1c[c-]c(-c2ccc(C([2H])([2H])C(C)(C)C)cn2)cc1.[2H]C1(c2ccc(-c3ccnc(-c4[c-]ccc5c4oc4ccc6ccccc6c45)c3)cc2)CCCCC1.[Ir]. The number of hydrogen-bond donors (Lipinski definition) is 0. The van der Waals surface area contributed by atoms with Gasteiger partial charge < -0.3 is 14.4 Å². The molecule has 0 spiro atoms. The van der Waals surface area contributed by atoms with Gasteiger partial charge in [-0.05, 0) is 87.1 Å². The molecule has 0 atom stereocenters.